The van der Waals surface area contributed by atoms with Crippen molar-refractivity contribution in [3.63, 3.8) is 0 Å². The predicted octanol–water partition coefficient (Wildman–Crippen LogP) is 2.32. The maximum Gasteiger partial charge on any atom is 0.102 e. The molecule has 0 aliphatic heterocycles. The molecular formula is C6H10BrN. The van der Waals surface area contributed by atoms with Crippen LogP contribution in [0.1, 0.15) is 20.3 Å². The lowest BCUT2D eigenvalue weighted by atomic mass is 10.1. The third-order valence-electron chi connectivity index (χ3n) is 0.818. The number of nitriles is 1. The summed E-state index contributed by atoms with van der Waals surface area (Å²) in [6.07, 6.45) is 0.941. The second-order valence-corrected chi connectivity index (χ2v) is 3.33. The summed E-state index contributed by atoms with van der Waals surface area (Å²) in [7, 11) is 0. The topological polar surface area (TPSA) is 23.8 Å². The molecular weight excluding hydrogens is 166 g/mol. The number of hydrogen-bond acceptors (Lipinski definition) is 1. The van der Waals surface area contributed by atoms with E-state index in [9.17, 15) is 0 Å². The van der Waals surface area contributed by atoms with Crippen LogP contribution in [-0.2, 0) is 0 Å². The molecule has 0 fully saturated rings. The van der Waals surface area contributed by atoms with E-state index in [2.05, 4.69) is 35.8 Å². The lowest BCUT2D eigenvalue weighted by Crippen LogP contribution is -1.98. The lowest BCUT2D eigenvalue weighted by molar-refractivity contribution is 0.608. The van der Waals surface area contributed by atoms with Gasteiger partial charge in [0.05, 0.1) is 6.07 Å². The molecule has 1 atom stereocenters. The highest BCUT2D eigenvalue weighted by Crippen LogP contribution is 2.10. The highest BCUT2D eigenvalue weighted by Gasteiger charge is 2.02. The van der Waals surface area contributed by atoms with Gasteiger partial charge in [-0.1, -0.05) is 29.8 Å². The van der Waals surface area contributed by atoms with E-state index in [1.54, 1.807) is 0 Å². The van der Waals surface area contributed by atoms with E-state index in [0.717, 1.165) is 6.42 Å². The van der Waals surface area contributed by atoms with E-state index in [0.29, 0.717) is 5.92 Å². The van der Waals surface area contributed by atoms with Crippen molar-refractivity contribution < 1.29 is 0 Å². The largest absolute Gasteiger partial charge is 0.197 e. The van der Waals surface area contributed by atoms with E-state index < -0.39 is 0 Å². The number of nitrogens with zero attached hydrogens (tertiary/aromatic N) is 1. The van der Waals surface area contributed by atoms with Crippen molar-refractivity contribution in [1.29, 1.82) is 5.26 Å². The number of halogens is 1. The van der Waals surface area contributed by atoms with E-state index in [4.69, 9.17) is 5.26 Å². The average molecular weight is 176 g/mol. The van der Waals surface area contributed by atoms with Crippen molar-refractivity contribution in [2.24, 2.45) is 5.92 Å². The minimum atomic E-state index is 0.0440. The quantitative estimate of drug-likeness (QED) is 0.592. The molecule has 0 aliphatic carbocycles. The summed E-state index contributed by atoms with van der Waals surface area (Å²) in [5.41, 5.74) is 0. The van der Waals surface area contributed by atoms with Crippen molar-refractivity contribution in [3.8, 4) is 6.07 Å². The van der Waals surface area contributed by atoms with Gasteiger partial charge in [-0.2, -0.15) is 5.26 Å². The maximum absolute atomic E-state index is 8.29. The minimum absolute atomic E-state index is 0.0440. The van der Waals surface area contributed by atoms with Gasteiger partial charge < -0.3 is 0 Å². The summed E-state index contributed by atoms with van der Waals surface area (Å²) in [6.45, 7) is 4.21. The zero-order valence-corrected chi connectivity index (χ0v) is 6.77. The van der Waals surface area contributed by atoms with Gasteiger partial charge in [-0.05, 0) is 12.3 Å². The molecule has 46 valence electrons. The molecule has 0 aromatic carbocycles. The van der Waals surface area contributed by atoms with Crippen molar-refractivity contribution in [2.45, 2.75) is 25.1 Å². The molecule has 0 heterocycles. The van der Waals surface area contributed by atoms with Gasteiger partial charge in [0, 0.05) is 0 Å². The maximum atomic E-state index is 8.29. The summed E-state index contributed by atoms with van der Waals surface area (Å²) in [6, 6.07) is 2.11. The summed E-state index contributed by atoms with van der Waals surface area (Å²) >= 11 is 3.22. The first-order valence-electron chi connectivity index (χ1n) is 2.70. The first-order valence-corrected chi connectivity index (χ1v) is 3.62. The molecule has 0 aliphatic rings. The summed E-state index contributed by atoms with van der Waals surface area (Å²) in [5.74, 6) is 0.610. The highest BCUT2D eigenvalue weighted by molar-refractivity contribution is 9.09. The fourth-order valence-electron chi connectivity index (χ4n) is 0.467. The third kappa shape index (κ3) is 4.14. The fraction of sp³-hybridized carbons (Fsp3) is 0.833. The molecule has 0 amide bonds. The Labute approximate surface area is 58.8 Å². The lowest BCUT2D eigenvalue weighted by Gasteiger charge is -2.01. The van der Waals surface area contributed by atoms with Crippen LogP contribution in [0.5, 0.6) is 0 Å². The van der Waals surface area contributed by atoms with E-state index >= 15 is 0 Å². The van der Waals surface area contributed by atoms with Crippen molar-refractivity contribution in [1.82, 2.24) is 0 Å². The summed E-state index contributed by atoms with van der Waals surface area (Å²) in [4.78, 5) is 0.0440. The Morgan fingerprint density at radius 2 is 2.12 bits per heavy atom. The van der Waals surface area contributed by atoms with Crippen LogP contribution in [0.4, 0.5) is 0 Å². The first-order chi connectivity index (χ1) is 3.66. The van der Waals surface area contributed by atoms with Crippen LogP contribution < -0.4 is 0 Å². The second kappa shape index (κ2) is 3.91. The standard InChI is InChI=1S/C6H10BrN/c1-5(2)3-6(7)4-8/h5-6H,3H2,1-2H3/t6-/m1/s1. The van der Waals surface area contributed by atoms with Crippen LogP contribution in [0.2, 0.25) is 0 Å². The average Bonchev–Trinajstić information content (AvgIpc) is 1.65. The molecule has 0 radical (unpaired) electrons. The van der Waals surface area contributed by atoms with Crippen LogP contribution >= 0.6 is 15.9 Å². The Morgan fingerprint density at radius 1 is 1.62 bits per heavy atom. The molecule has 0 spiro atoms. The van der Waals surface area contributed by atoms with Gasteiger partial charge in [0.25, 0.3) is 0 Å². The molecule has 0 N–H and O–H groups in total. The monoisotopic (exact) mass is 175 g/mol. The van der Waals surface area contributed by atoms with Crippen LogP contribution in [0, 0.1) is 17.2 Å². The van der Waals surface area contributed by atoms with Crippen molar-refractivity contribution >= 4 is 15.9 Å². The summed E-state index contributed by atoms with van der Waals surface area (Å²) < 4.78 is 0. The molecule has 0 unspecified atom stereocenters. The van der Waals surface area contributed by atoms with Gasteiger partial charge in [0.1, 0.15) is 4.83 Å². The first kappa shape index (κ1) is 7.97. The normalized spacial score (nSPS) is 13.4. The molecule has 0 bridgehead atoms. The smallest absolute Gasteiger partial charge is 0.102 e. The second-order valence-electron chi connectivity index (χ2n) is 2.23. The zero-order chi connectivity index (χ0) is 6.57. The zero-order valence-electron chi connectivity index (χ0n) is 5.19. The van der Waals surface area contributed by atoms with Crippen LogP contribution in [0.15, 0.2) is 0 Å². The number of rotatable bonds is 2. The van der Waals surface area contributed by atoms with Crippen molar-refractivity contribution in [3.05, 3.63) is 0 Å². The Morgan fingerprint density at radius 3 is 2.25 bits per heavy atom. The molecule has 0 saturated carbocycles. The predicted molar refractivity (Wildman–Crippen MR) is 37.8 cm³/mol. The van der Waals surface area contributed by atoms with Crippen LogP contribution in [-0.4, -0.2) is 4.83 Å². The van der Waals surface area contributed by atoms with Crippen molar-refractivity contribution in [2.75, 3.05) is 0 Å². The molecule has 0 aromatic rings. The van der Waals surface area contributed by atoms with Gasteiger partial charge >= 0.3 is 0 Å². The Hall–Kier alpha value is -0.0300. The Kier molecular flexibility index (Phi) is 3.90. The molecule has 0 aromatic heterocycles. The fourth-order valence-corrected chi connectivity index (χ4v) is 1.21. The molecule has 2 heteroatoms. The van der Waals surface area contributed by atoms with E-state index in [1.807, 2.05) is 0 Å². The molecule has 8 heavy (non-hydrogen) atoms. The Bertz CT molecular complexity index is 93.2. The molecule has 0 rings (SSSR count). The Balaban J connectivity index is 3.28. The molecule has 1 nitrogen and oxygen atoms in total. The van der Waals surface area contributed by atoms with Crippen LogP contribution in [0.25, 0.3) is 0 Å². The number of alkyl halides is 1. The molecule has 0 saturated heterocycles. The highest BCUT2D eigenvalue weighted by atomic mass is 79.9. The summed E-state index contributed by atoms with van der Waals surface area (Å²) in [5, 5.41) is 8.29. The third-order valence-corrected chi connectivity index (χ3v) is 1.40. The SMILES string of the molecule is CC(C)C[C@@H](Br)C#N. The van der Waals surface area contributed by atoms with Gasteiger partial charge in [-0.15, -0.1) is 0 Å². The van der Waals surface area contributed by atoms with Gasteiger partial charge in [-0.25, -0.2) is 0 Å². The minimum Gasteiger partial charge on any atom is -0.197 e. The van der Waals surface area contributed by atoms with Gasteiger partial charge in [0.2, 0.25) is 0 Å². The van der Waals surface area contributed by atoms with E-state index in [-0.39, 0.29) is 4.83 Å². The number of hydrogen-bond donors (Lipinski definition) is 0. The van der Waals surface area contributed by atoms with Gasteiger partial charge in [0.15, 0.2) is 0 Å². The van der Waals surface area contributed by atoms with Gasteiger partial charge in [-0.3, -0.25) is 0 Å². The van der Waals surface area contributed by atoms with E-state index in [1.165, 1.54) is 0 Å². The van der Waals surface area contributed by atoms with Crippen LogP contribution in [0.3, 0.4) is 0 Å².